The van der Waals surface area contributed by atoms with Crippen LogP contribution in [0.3, 0.4) is 0 Å². The van der Waals surface area contributed by atoms with Crippen molar-refractivity contribution in [1.82, 2.24) is 4.98 Å². The number of carbonyl (C=O) groups is 1. The summed E-state index contributed by atoms with van der Waals surface area (Å²) in [5.41, 5.74) is 0.466. The zero-order valence-electron chi connectivity index (χ0n) is 9.58. The first-order chi connectivity index (χ1) is 7.84. The summed E-state index contributed by atoms with van der Waals surface area (Å²) in [6.45, 7) is 2.33. The third kappa shape index (κ3) is 4.70. The fourth-order valence-electron chi connectivity index (χ4n) is 1.24. The van der Waals surface area contributed by atoms with Crippen molar-refractivity contribution in [2.24, 2.45) is 0 Å². The Morgan fingerprint density at radius 2 is 2.31 bits per heavy atom. The van der Waals surface area contributed by atoms with E-state index in [1.165, 1.54) is 12.8 Å². The maximum atomic E-state index is 11.3. The van der Waals surface area contributed by atoms with Gasteiger partial charge >= 0.3 is 5.97 Å². The van der Waals surface area contributed by atoms with E-state index in [4.69, 9.17) is 4.74 Å². The molecule has 0 radical (unpaired) electrons. The monoisotopic (exact) mass is 219 g/mol. The van der Waals surface area contributed by atoms with E-state index in [0.717, 1.165) is 12.8 Å². The number of nitrogens with one attached hydrogen (secondary N) is 1. The van der Waals surface area contributed by atoms with Gasteiger partial charge < -0.3 is 9.72 Å². The van der Waals surface area contributed by atoms with Crippen LogP contribution >= 0.6 is 0 Å². The highest BCUT2D eigenvalue weighted by molar-refractivity contribution is 5.87. The molecule has 0 aromatic carbocycles. The Balaban J connectivity index is 2.13. The molecule has 1 aromatic heterocycles. The fraction of sp³-hybridized carbons (Fsp3) is 0.462. The SMILES string of the molecule is CCCCCC#CCOC(=O)c1ccc[nH]1. The molecule has 0 saturated carbocycles. The van der Waals surface area contributed by atoms with Crippen molar-refractivity contribution < 1.29 is 9.53 Å². The largest absolute Gasteiger partial charge is 0.448 e. The summed E-state index contributed by atoms with van der Waals surface area (Å²) >= 11 is 0. The second-order valence-corrected chi connectivity index (χ2v) is 3.47. The summed E-state index contributed by atoms with van der Waals surface area (Å²) < 4.78 is 4.95. The molecule has 0 unspecified atom stereocenters. The molecule has 86 valence electrons. The summed E-state index contributed by atoms with van der Waals surface area (Å²) in [4.78, 5) is 14.1. The van der Waals surface area contributed by atoms with Gasteiger partial charge in [0.05, 0.1) is 0 Å². The van der Waals surface area contributed by atoms with Gasteiger partial charge in [0.2, 0.25) is 0 Å². The average molecular weight is 219 g/mol. The third-order valence-corrected chi connectivity index (χ3v) is 2.12. The van der Waals surface area contributed by atoms with Gasteiger partial charge in [-0.1, -0.05) is 31.6 Å². The van der Waals surface area contributed by atoms with E-state index in [1.807, 2.05) is 0 Å². The lowest BCUT2D eigenvalue weighted by Gasteiger charge is -1.96. The first-order valence-electron chi connectivity index (χ1n) is 5.61. The van der Waals surface area contributed by atoms with Gasteiger partial charge in [0, 0.05) is 12.6 Å². The molecule has 0 aliphatic rings. The topological polar surface area (TPSA) is 42.1 Å². The second-order valence-electron chi connectivity index (χ2n) is 3.47. The van der Waals surface area contributed by atoms with Gasteiger partial charge in [-0.15, -0.1) is 0 Å². The van der Waals surface area contributed by atoms with Crippen LogP contribution < -0.4 is 0 Å². The molecule has 1 aromatic rings. The van der Waals surface area contributed by atoms with Crippen molar-refractivity contribution in [1.29, 1.82) is 0 Å². The molecule has 0 aliphatic carbocycles. The number of hydrogen-bond donors (Lipinski definition) is 1. The molecular formula is C13H17NO2. The number of aromatic amines is 1. The fourth-order valence-corrected chi connectivity index (χ4v) is 1.24. The molecule has 3 heteroatoms. The molecule has 0 amide bonds. The van der Waals surface area contributed by atoms with E-state index < -0.39 is 0 Å². The van der Waals surface area contributed by atoms with Crippen molar-refractivity contribution in [2.75, 3.05) is 6.61 Å². The Labute approximate surface area is 96.2 Å². The van der Waals surface area contributed by atoms with Crippen LogP contribution in [0.25, 0.3) is 0 Å². The second kappa shape index (κ2) is 7.58. The minimum Gasteiger partial charge on any atom is -0.448 e. The molecule has 0 aliphatic heterocycles. The summed E-state index contributed by atoms with van der Waals surface area (Å²) in [6.07, 6.45) is 6.09. The number of ether oxygens (including phenoxy) is 1. The zero-order valence-corrected chi connectivity index (χ0v) is 9.58. The quantitative estimate of drug-likeness (QED) is 0.470. The number of esters is 1. The molecule has 3 nitrogen and oxygen atoms in total. The Morgan fingerprint density at radius 3 is 3.00 bits per heavy atom. The van der Waals surface area contributed by atoms with Crippen LogP contribution in [0.5, 0.6) is 0 Å². The number of rotatable bonds is 5. The summed E-state index contributed by atoms with van der Waals surface area (Å²) in [6, 6.07) is 3.43. The number of hydrogen-bond acceptors (Lipinski definition) is 2. The van der Waals surface area contributed by atoms with Gasteiger partial charge in [-0.25, -0.2) is 4.79 Å². The molecule has 16 heavy (non-hydrogen) atoms. The Hall–Kier alpha value is -1.69. The van der Waals surface area contributed by atoms with Gasteiger partial charge in [-0.05, 0) is 18.6 Å². The number of aromatic nitrogens is 1. The van der Waals surface area contributed by atoms with E-state index in [9.17, 15) is 4.79 Å². The highest BCUT2D eigenvalue weighted by atomic mass is 16.5. The van der Waals surface area contributed by atoms with Crippen LogP contribution in [-0.2, 0) is 4.74 Å². The van der Waals surface area contributed by atoms with E-state index in [0.29, 0.717) is 5.69 Å². The average Bonchev–Trinajstić information content (AvgIpc) is 2.81. The molecule has 0 spiro atoms. The van der Waals surface area contributed by atoms with E-state index in [-0.39, 0.29) is 12.6 Å². The van der Waals surface area contributed by atoms with E-state index >= 15 is 0 Å². The number of carbonyl (C=O) groups excluding carboxylic acids is 1. The molecule has 0 bridgehead atoms. The van der Waals surface area contributed by atoms with Gasteiger partial charge in [-0.2, -0.15) is 0 Å². The molecule has 1 N–H and O–H groups in total. The lowest BCUT2D eigenvalue weighted by molar-refractivity contribution is 0.0550. The van der Waals surface area contributed by atoms with Crippen LogP contribution in [0.2, 0.25) is 0 Å². The number of unbranched alkanes of at least 4 members (excludes halogenated alkanes) is 3. The third-order valence-electron chi connectivity index (χ3n) is 2.12. The standard InChI is InChI=1S/C13H17NO2/c1-2-3-4-5-6-7-11-16-13(15)12-9-8-10-14-12/h8-10,14H,2-5,11H2,1H3. The maximum absolute atomic E-state index is 11.3. The highest BCUT2D eigenvalue weighted by Gasteiger charge is 2.04. The van der Waals surface area contributed by atoms with Crippen molar-refractivity contribution >= 4 is 5.97 Å². The lowest BCUT2D eigenvalue weighted by Crippen LogP contribution is -2.05. The first-order valence-corrected chi connectivity index (χ1v) is 5.61. The molecule has 1 heterocycles. The Kier molecular flexibility index (Phi) is 5.87. The van der Waals surface area contributed by atoms with E-state index in [1.54, 1.807) is 18.3 Å². The van der Waals surface area contributed by atoms with Gasteiger partial charge in [0.1, 0.15) is 5.69 Å². The van der Waals surface area contributed by atoms with Crippen LogP contribution in [0.1, 0.15) is 43.1 Å². The minimum atomic E-state index is -0.354. The molecular weight excluding hydrogens is 202 g/mol. The van der Waals surface area contributed by atoms with Crippen molar-refractivity contribution in [3.8, 4) is 11.8 Å². The molecule has 0 fully saturated rings. The van der Waals surface area contributed by atoms with Crippen molar-refractivity contribution in [3.63, 3.8) is 0 Å². The maximum Gasteiger partial charge on any atom is 0.355 e. The van der Waals surface area contributed by atoms with Gasteiger partial charge in [0.25, 0.3) is 0 Å². The molecule has 1 rings (SSSR count). The normalized spacial score (nSPS) is 9.31. The van der Waals surface area contributed by atoms with Gasteiger partial charge in [-0.3, -0.25) is 0 Å². The lowest BCUT2D eigenvalue weighted by atomic mass is 10.2. The zero-order chi connectivity index (χ0) is 11.6. The highest BCUT2D eigenvalue weighted by Crippen LogP contribution is 1.98. The minimum absolute atomic E-state index is 0.171. The Bertz CT molecular complexity index is 357. The summed E-state index contributed by atoms with van der Waals surface area (Å²) in [5, 5.41) is 0. The van der Waals surface area contributed by atoms with Crippen LogP contribution in [0, 0.1) is 11.8 Å². The first kappa shape index (κ1) is 12.4. The predicted octanol–water partition coefficient (Wildman–Crippen LogP) is 2.76. The summed E-state index contributed by atoms with van der Waals surface area (Å²) in [5.74, 6) is 5.46. The molecule has 0 atom stereocenters. The van der Waals surface area contributed by atoms with Crippen molar-refractivity contribution in [2.45, 2.75) is 32.6 Å². The Morgan fingerprint density at radius 1 is 1.44 bits per heavy atom. The molecule has 0 saturated heterocycles. The van der Waals surface area contributed by atoms with Crippen LogP contribution in [0.4, 0.5) is 0 Å². The summed E-state index contributed by atoms with van der Waals surface area (Å²) in [7, 11) is 0. The predicted molar refractivity (Wildman–Crippen MR) is 63.0 cm³/mol. The van der Waals surface area contributed by atoms with Gasteiger partial charge in [0.15, 0.2) is 6.61 Å². The van der Waals surface area contributed by atoms with Crippen LogP contribution in [0.15, 0.2) is 18.3 Å². The smallest absolute Gasteiger partial charge is 0.355 e. The van der Waals surface area contributed by atoms with Crippen LogP contribution in [-0.4, -0.2) is 17.6 Å². The van der Waals surface area contributed by atoms with Crippen molar-refractivity contribution in [3.05, 3.63) is 24.0 Å². The number of H-pyrrole nitrogens is 1. The van der Waals surface area contributed by atoms with E-state index in [2.05, 4.69) is 23.7 Å².